The number of aromatic nitrogens is 2. The molecule has 0 unspecified atom stereocenters. The van der Waals surface area contributed by atoms with Crippen LogP contribution in [-0.2, 0) is 9.53 Å². The number of carbonyl (C=O) groups excluding carboxylic acids is 2. The van der Waals surface area contributed by atoms with Gasteiger partial charge in [0.2, 0.25) is 5.91 Å². The van der Waals surface area contributed by atoms with Crippen molar-refractivity contribution >= 4 is 22.6 Å². The highest BCUT2D eigenvalue weighted by atomic mass is 16.5. The van der Waals surface area contributed by atoms with Crippen molar-refractivity contribution < 1.29 is 19.1 Å². The predicted octanol–water partition coefficient (Wildman–Crippen LogP) is 0.887. The minimum Gasteiger partial charge on any atom is -0.497 e. The van der Waals surface area contributed by atoms with Gasteiger partial charge in [0.1, 0.15) is 5.75 Å². The van der Waals surface area contributed by atoms with Crippen molar-refractivity contribution in [3.05, 3.63) is 64.6 Å². The summed E-state index contributed by atoms with van der Waals surface area (Å²) in [4.78, 5) is 37.6. The lowest BCUT2D eigenvalue weighted by molar-refractivity contribution is -0.120. The topological polar surface area (TPSA) is 112 Å². The maximum atomic E-state index is 12.9. The van der Waals surface area contributed by atoms with Crippen LogP contribution < -0.4 is 20.9 Å². The van der Waals surface area contributed by atoms with Gasteiger partial charge < -0.3 is 20.1 Å². The van der Waals surface area contributed by atoms with Crippen LogP contribution in [0.15, 0.2) is 53.3 Å². The maximum Gasteiger partial charge on any atom is 0.279 e. The lowest BCUT2D eigenvalue weighted by atomic mass is 10.1. The molecular formula is C21H22N4O5. The molecule has 0 saturated carbocycles. The molecule has 0 spiro atoms. The highest BCUT2D eigenvalue weighted by Crippen LogP contribution is 2.17. The zero-order valence-corrected chi connectivity index (χ0v) is 16.7. The number of hydrogen-bond acceptors (Lipinski definition) is 6. The van der Waals surface area contributed by atoms with Crippen LogP contribution in [0.4, 0.5) is 0 Å². The van der Waals surface area contributed by atoms with E-state index in [1.54, 1.807) is 55.6 Å². The first-order chi connectivity index (χ1) is 14.5. The molecule has 0 aliphatic rings. The van der Waals surface area contributed by atoms with Gasteiger partial charge in [0, 0.05) is 19.0 Å². The van der Waals surface area contributed by atoms with Crippen molar-refractivity contribution in [1.29, 1.82) is 0 Å². The SMILES string of the molecule is COCCNC(=O)CNC(=O)c1nn(-c2ccc(OC)cc2)c(=O)c2ccccc12. The van der Waals surface area contributed by atoms with Gasteiger partial charge in [-0.25, -0.2) is 0 Å². The fraction of sp³-hybridized carbons (Fsp3) is 0.238. The van der Waals surface area contributed by atoms with Gasteiger partial charge in [0.25, 0.3) is 11.5 Å². The summed E-state index contributed by atoms with van der Waals surface area (Å²) in [5, 5.41) is 10.2. The lowest BCUT2D eigenvalue weighted by Gasteiger charge is -2.12. The van der Waals surface area contributed by atoms with Gasteiger partial charge in [-0.2, -0.15) is 9.78 Å². The highest BCUT2D eigenvalue weighted by Gasteiger charge is 2.18. The van der Waals surface area contributed by atoms with E-state index < -0.39 is 5.91 Å². The molecule has 0 aliphatic carbocycles. The van der Waals surface area contributed by atoms with E-state index >= 15 is 0 Å². The van der Waals surface area contributed by atoms with Gasteiger partial charge in [-0.1, -0.05) is 18.2 Å². The Morgan fingerprint density at radius 3 is 2.37 bits per heavy atom. The molecule has 1 heterocycles. The number of fused-ring (bicyclic) bond motifs is 1. The van der Waals surface area contributed by atoms with Crippen LogP contribution in [0.1, 0.15) is 10.5 Å². The molecule has 30 heavy (non-hydrogen) atoms. The van der Waals surface area contributed by atoms with Crippen molar-refractivity contribution in [1.82, 2.24) is 20.4 Å². The van der Waals surface area contributed by atoms with Gasteiger partial charge in [-0.3, -0.25) is 14.4 Å². The minimum absolute atomic E-state index is 0.0470. The monoisotopic (exact) mass is 410 g/mol. The quantitative estimate of drug-likeness (QED) is 0.534. The Balaban J connectivity index is 1.93. The number of benzene rings is 2. The summed E-state index contributed by atoms with van der Waals surface area (Å²) in [6, 6.07) is 13.5. The molecule has 0 bridgehead atoms. The third kappa shape index (κ3) is 4.64. The third-order valence-corrected chi connectivity index (χ3v) is 4.37. The molecule has 3 aromatic rings. The summed E-state index contributed by atoms with van der Waals surface area (Å²) in [6.07, 6.45) is 0. The average Bonchev–Trinajstić information content (AvgIpc) is 2.78. The van der Waals surface area contributed by atoms with Crippen LogP contribution >= 0.6 is 0 Å². The largest absolute Gasteiger partial charge is 0.497 e. The first-order valence-electron chi connectivity index (χ1n) is 9.25. The second-order valence-electron chi connectivity index (χ2n) is 6.33. The zero-order valence-electron chi connectivity index (χ0n) is 16.7. The lowest BCUT2D eigenvalue weighted by Crippen LogP contribution is -2.39. The number of nitrogens with zero attached hydrogens (tertiary/aromatic N) is 2. The molecule has 9 heteroatoms. The maximum absolute atomic E-state index is 12.9. The molecule has 0 atom stereocenters. The summed E-state index contributed by atoms with van der Waals surface area (Å²) in [5.74, 6) is -0.284. The Bertz CT molecular complexity index is 1110. The molecule has 1 aromatic heterocycles. The number of nitrogens with one attached hydrogen (secondary N) is 2. The Hall–Kier alpha value is -3.72. The fourth-order valence-electron chi connectivity index (χ4n) is 2.85. The van der Waals surface area contributed by atoms with Crippen LogP contribution in [0.5, 0.6) is 5.75 Å². The smallest absolute Gasteiger partial charge is 0.279 e. The van der Waals surface area contributed by atoms with Crippen molar-refractivity contribution in [2.75, 3.05) is 33.9 Å². The highest BCUT2D eigenvalue weighted by molar-refractivity contribution is 6.05. The van der Waals surface area contributed by atoms with Gasteiger partial charge in [-0.05, 0) is 30.3 Å². The normalized spacial score (nSPS) is 10.6. The Kier molecular flexibility index (Phi) is 6.76. The van der Waals surface area contributed by atoms with E-state index in [2.05, 4.69) is 15.7 Å². The Morgan fingerprint density at radius 2 is 1.70 bits per heavy atom. The number of rotatable bonds is 8. The van der Waals surface area contributed by atoms with E-state index in [0.29, 0.717) is 35.4 Å². The second-order valence-corrected chi connectivity index (χ2v) is 6.33. The van der Waals surface area contributed by atoms with Crippen molar-refractivity contribution in [2.24, 2.45) is 0 Å². The summed E-state index contributed by atoms with van der Waals surface area (Å²) in [6.45, 7) is 0.494. The van der Waals surface area contributed by atoms with Gasteiger partial charge in [0.05, 0.1) is 31.3 Å². The molecule has 0 fully saturated rings. The van der Waals surface area contributed by atoms with Crippen LogP contribution in [0.25, 0.3) is 16.5 Å². The van der Waals surface area contributed by atoms with Crippen molar-refractivity contribution in [3.8, 4) is 11.4 Å². The Labute approximate surface area is 172 Å². The van der Waals surface area contributed by atoms with E-state index in [0.717, 1.165) is 4.68 Å². The van der Waals surface area contributed by atoms with Crippen molar-refractivity contribution in [3.63, 3.8) is 0 Å². The molecule has 2 amide bonds. The first kappa shape index (κ1) is 21.0. The molecular weight excluding hydrogens is 388 g/mol. The van der Waals surface area contributed by atoms with E-state index in [-0.39, 0.29) is 23.7 Å². The van der Waals surface area contributed by atoms with Crippen LogP contribution in [0.3, 0.4) is 0 Å². The number of ether oxygens (including phenoxy) is 2. The van der Waals surface area contributed by atoms with E-state index in [9.17, 15) is 14.4 Å². The predicted molar refractivity (Wildman–Crippen MR) is 111 cm³/mol. The van der Waals surface area contributed by atoms with Crippen LogP contribution in [0.2, 0.25) is 0 Å². The number of carbonyl (C=O) groups is 2. The molecule has 0 saturated heterocycles. The molecule has 0 radical (unpaired) electrons. The van der Waals surface area contributed by atoms with E-state index in [1.165, 1.54) is 7.11 Å². The molecule has 156 valence electrons. The van der Waals surface area contributed by atoms with E-state index in [4.69, 9.17) is 9.47 Å². The average molecular weight is 410 g/mol. The summed E-state index contributed by atoms with van der Waals surface area (Å²) < 4.78 is 11.2. The second kappa shape index (κ2) is 9.66. The molecule has 2 aromatic carbocycles. The summed E-state index contributed by atoms with van der Waals surface area (Å²) in [7, 11) is 3.08. The van der Waals surface area contributed by atoms with Gasteiger partial charge in [0.15, 0.2) is 5.69 Å². The van der Waals surface area contributed by atoms with Crippen LogP contribution in [0, 0.1) is 0 Å². The number of amides is 2. The molecule has 9 nitrogen and oxygen atoms in total. The standard InChI is InChI=1S/C21H22N4O5/c1-29-12-11-22-18(26)13-23-20(27)19-16-5-3-4-6-17(16)21(28)25(24-19)14-7-9-15(30-2)10-8-14/h3-10H,11-13H2,1-2H3,(H,22,26)(H,23,27). The molecule has 2 N–H and O–H groups in total. The van der Waals surface area contributed by atoms with Gasteiger partial charge >= 0.3 is 0 Å². The Morgan fingerprint density at radius 1 is 1.00 bits per heavy atom. The zero-order chi connectivity index (χ0) is 21.5. The first-order valence-corrected chi connectivity index (χ1v) is 9.25. The van der Waals surface area contributed by atoms with Gasteiger partial charge in [-0.15, -0.1) is 0 Å². The van der Waals surface area contributed by atoms with Crippen LogP contribution in [-0.4, -0.2) is 55.5 Å². The molecule has 0 aliphatic heterocycles. The third-order valence-electron chi connectivity index (χ3n) is 4.37. The summed E-state index contributed by atoms with van der Waals surface area (Å²) >= 11 is 0. The minimum atomic E-state index is -0.560. The summed E-state index contributed by atoms with van der Waals surface area (Å²) in [5.41, 5.74) is 0.174. The van der Waals surface area contributed by atoms with E-state index in [1.807, 2.05) is 0 Å². The molecule has 3 rings (SSSR count). The fourth-order valence-corrected chi connectivity index (χ4v) is 2.85. The number of hydrogen-bond donors (Lipinski definition) is 2. The van der Waals surface area contributed by atoms with Crippen molar-refractivity contribution in [2.45, 2.75) is 0 Å². The number of methoxy groups -OCH3 is 2.